The maximum atomic E-state index is 10.9. The first-order chi connectivity index (χ1) is 5.31. The average Bonchev–Trinajstić information content (AvgIpc) is 2.29. The van der Waals surface area contributed by atoms with Gasteiger partial charge in [-0.3, -0.25) is 4.79 Å². The van der Waals surface area contributed by atoms with Crippen molar-refractivity contribution in [3.63, 3.8) is 0 Å². The predicted molar refractivity (Wildman–Crippen MR) is 45.2 cm³/mol. The molecule has 2 rings (SSSR count). The summed E-state index contributed by atoms with van der Waals surface area (Å²) < 4.78 is 0. The van der Waals surface area contributed by atoms with E-state index in [1.54, 1.807) is 0 Å². The van der Waals surface area contributed by atoms with Crippen LogP contribution in [0.2, 0.25) is 0 Å². The van der Waals surface area contributed by atoms with Crippen LogP contribution in [0, 0.1) is 0 Å². The van der Waals surface area contributed by atoms with Crippen LogP contribution in [0.4, 0.5) is 0 Å². The zero-order valence-corrected chi connectivity index (χ0v) is 6.93. The Balaban J connectivity index is 2.03. The normalized spacial score (nSPS) is 34.2. The molecule has 2 fully saturated rings. The second-order valence-electron chi connectivity index (χ2n) is 2.75. The molecule has 2 atom stereocenters. The lowest BCUT2D eigenvalue weighted by molar-refractivity contribution is -0.140. The lowest BCUT2D eigenvalue weighted by atomic mass is 10.2. The highest BCUT2D eigenvalue weighted by Crippen LogP contribution is 2.39. The molecule has 2 saturated heterocycles. The summed E-state index contributed by atoms with van der Waals surface area (Å²) in [4.78, 5) is 12.8. The minimum absolute atomic E-state index is 0.294. The Morgan fingerprint density at radius 3 is 3.18 bits per heavy atom. The van der Waals surface area contributed by atoms with Crippen LogP contribution in [0.3, 0.4) is 0 Å². The van der Waals surface area contributed by atoms with Crippen LogP contribution in [0.1, 0.15) is 6.42 Å². The van der Waals surface area contributed by atoms with Gasteiger partial charge < -0.3 is 4.90 Å². The van der Waals surface area contributed by atoms with Crippen LogP contribution in [0.25, 0.3) is 0 Å². The minimum Gasteiger partial charge on any atom is -0.329 e. The number of thioether (sulfide) groups is 1. The van der Waals surface area contributed by atoms with Crippen molar-refractivity contribution in [1.29, 1.82) is 0 Å². The van der Waals surface area contributed by atoms with Gasteiger partial charge >= 0.3 is 0 Å². The van der Waals surface area contributed by atoms with Gasteiger partial charge in [0.25, 0.3) is 0 Å². The molecule has 0 radical (unpaired) electrons. The number of β-lactam (4-membered cyclic amide) rings is 1. The molecule has 2 aliphatic rings. The highest BCUT2D eigenvalue weighted by molar-refractivity contribution is 8.01. The van der Waals surface area contributed by atoms with E-state index in [9.17, 15) is 4.79 Å². The van der Waals surface area contributed by atoms with Crippen LogP contribution in [0.15, 0.2) is 18.4 Å². The van der Waals surface area contributed by atoms with Crippen molar-refractivity contribution < 1.29 is 4.79 Å². The highest BCUT2D eigenvalue weighted by atomic mass is 32.2. The van der Waals surface area contributed by atoms with E-state index >= 15 is 0 Å². The third-order valence-corrected chi connectivity index (χ3v) is 3.40. The fourth-order valence-corrected chi connectivity index (χ4v) is 2.84. The lowest BCUT2D eigenvalue weighted by Gasteiger charge is -2.32. The number of rotatable bonds is 1. The van der Waals surface area contributed by atoms with E-state index in [4.69, 9.17) is 0 Å². The summed E-state index contributed by atoms with van der Waals surface area (Å²) in [6, 6.07) is 0. The number of nitrogens with zero attached hydrogens (tertiary/aromatic N) is 1. The predicted octanol–water partition coefficient (Wildman–Crippen LogP) is 1.00. The third-order valence-electron chi connectivity index (χ3n) is 2.03. The molecule has 0 N–H and O–H groups in total. The molecule has 2 aliphatic heterocycles. The van der Waals surface area contributed by atoms with Gasteiger partial charge in [-0.05, 0) is 6.08 Å². The zero-order valence-electron chi connectivity index (χ0n) is 6.12. The SMILES string of the molecule is C=C=CC1CN2C(=O)C[C@@H]2S1. The van der Waals surface area contributed by atoms with Gasteiger partial charge in [0.15, 0.2) is 0 Å². The summed E-state index contributed by atoms with van der Waals surface area (Å²) in [5.74, 6) is 0.294. The number of carbonyl (C=O) groups excluding carboxylic acids is 1. The summed E-state index contributed by atoms with van der Waals surface area (Å²) in [5, 5.41) is 0.890. The van der Waals surface area contributed by atoms with Gasteiger partial charge in [0.05, 0.1) is 11.8 Å². The molecule has 0 bridgehead atoms. The van der Waals surface area contributed by atoms with Gasteiger partial charge in [0.1, 0.15) is 0 Å². The fourth-order valence-electron chi connectivity index (χ4n) is 1.43. The number of amides is 1. The molecule has 3 heteroatoms. The van der Waals surface area contributed by atoms with Crippen LogP contribution in [-0.4, -0.2) is 28.0 Å². The van der Waals surface area contributed by atoms with E-state index in [0.29, 0.717) is 16.5 Å². The zero-order chi connectivity index (χ0) is 7.84. The van der Waals surface area contributed by atoms with E-state index in [2.05, 4.69) is 12.3 Å². The first kappa shape index (κ1) is 7.01. The van der Waals surface area contributed by atoms with Crippen molar-refractivity contribution in [2.45, 2.75) is 17.0 Å². The van der Waals surface area contributed by atoms with Crippen LogP contribution < -0.4 is 0 Å². The smallest absolute Gasteiger partial charge is 0.226 e. The van der Waals surface area contributed by atoms with Gasteiger partial charge in [-0.25, -0.2) is 0 Å². The topological polar surface area (TPSA) is 20.3 Å². The van der Waals surface area contributed by atoms with Crippen molar-refractivity contribution in [2.24, 2.45) is 0 Å². The van der Waals surface area contributed by atoms with Gasteiger partial charge in [-0.15, -0.1) is 17.5 Å². The van der Waals surface area contributed by atoms with Crippen molar-refractivity contribution in [2.75, 3.05) is 6.54 Å². The third kappa shape index (κ3) is 1.01. The maximum Gasteiger partial charge on any atom is 0.226 e. The monoisotopic (exact) mass is 167 g/mol. The van der Waals surface area contributed by atoms with Crippen molar-refractivity contribution in [3.8, 4) is 0 Å². The first-order valence-electron chi connectivity index (χ1n) is 3.62. The lowest BCUT2D eigenvalue weighted by Crippen LogP contribution is -2.47. The standard InChI is InChI=1S/C8H9NOS/c1-2-3-6-5-9-7(10)4-8(9)11-6/h3,6,8H,1,4-5H2/t6?,8-/m0/s1. The molecular weight excluding hydrogens is 158 g/mol. The number of fused-ring (bicyclic) bond motifs is 1. The molecule has 2 heterocycles. The molecule has 0 aromatic carbocycles. The van der Waals surface area contributed by atoms with Crippen molar-refractivity contribution in [1.82, 2.24) is 4.90 Å². The number of carbonyl (C=O) groups is 1. The summed E-state index contributed by atoms with van der Waals surface area (Å²) in [6.45, 7) is 4.37. The minimum atomic E-state index is 0.294. The fraction of sp³-hybridized carbons (Fsp3) is 0.500. The molecule has 0 saturated carbocycles. The maximum absolute atomic E-state index is 10.9. The van der Waals surface area contributed by atoms with Crippen LogP contribution >= 0.6 is 11.8 Å². The molecule has 2 nitrogen and oxygen atoms in total. The quantitative estimate of drug-likeness (QED) is 0.429. The molecular formula is C8H9NOS. The first-order valence-corrected chi connectivity index (χ1v) is 4.56. The van der Waals surface area contributed by atoms with Gasteiger partial charge in [0, 0.05) is 11.8 Å². The molecule has 0 aromatic heterocycles. The average molecular weight is 167 g/mol. The second-order valence-corrected chi connectivity index (χ2v) is 4.17. The van der Waals surface area contributed by atoms with Gasteiger partial charge in [0.2, 0.25) is 5.91 Å². The summed E-state index contributed by atoms with van der Waals surface area (Å²) in [7, 11) is 0. The number of hydrogen-bond acceptors (Lipinski definition) is 2. The molecule has 0 aromatic rings. The molecule has 1 unspecified atom stereocenters. The Morgan fingerprint density at radius 2 is 2.64 bits per heavy atom. The Labute approximate surface area is 69.9 Å². The van der Waals surface area contributed by atoms with Gasteiger partial charge in [-0.1, -0.05) is 6.58 Å². The second kappa shape index (κ2) is 2.43. The Morgan fingerprint density at radius 1 is 1.82 bits per heavy atom. The van der Waals surface area contributed by atoms with E-state index in [1.807, 2.05) is 22.7 Å². The molecule has 11 heavy (non-hydrogen) atoms. The van der Waals surface area contributed by atoms with E-state index in [0.717, 1.165) is 13.0 Å². The Hall–Kier alpha value is -0.660. The number of hydrogen-bond donors (Lipinski definition) is 0. The Kier molecular flexibility index (Phi) is 1.55. The van der Waals surface area contributed by atoms with Crippen LogP contribution in [0.5, 0.6) is 0 Å². The van der Waals surface area contributed by atoms with Crippen molar-refractivity contribution >= 4 is 17.7 Å². The summed E-state index contributed by atoms with van der Waals surface area (Å²) in [5.41, 5.74) is 2.76. The summed E-state index contributed by atoms with van der Waals surface area (Å²) >= 11 is 1.84. The van der Waals surface area contributed by atoms with Gasteiger partial charge in [-0.2, -0.15) is 0 Å². The van der Waals surface area contributed by atoms with E-state index in [-0.39, 0.29) is 0 Å². The van der Waals surface area contributed by atoms with Crippen LogP contribution in [-0.2, 0) is 4.79 Å². The van der Waals surface area contributed by atoms with E-state index in [1.165, 1.54) is 0 Å². The Bertz CT molecular complexity index is 244. The molecule has 58 valence electrons. The summed E-state index contributed by atoms with van der Waals surface area (Å²) in [6.07, 6.45) is 2.67. The highest BCUT2D eigenvalue weighted by Gasteiger charge is 2.43. The van der Waals surface area contributed by atoms with E-state index < -0.39 is 0 Å². The molecule has 1 amide bonds. The largest absolute Gasteiger partial charge is 0.329 e. The molecule has 0 spiro atoms. The molecule has 0 aliphatic carbocycles. The van der Waals surface area contributed by atoms with Crippen molar-refractivity contribution in [3.05, 3.63) is 18.4 Å².